The van der Waals surface area contributed by atoms with E-state index in [0.717, 1.165) is 0 Å². The lowest BCUT2D eigenvalue weighted by Gasteiger charge is -2.16. The quantitative estimate of drug-likeness (QED) is 0.635. The second kappa shape index (κ2) is 5.77. The number of aliphatic hydroxyl groups excluding tert-OH is 1. The van der Waals surface area contributed by atoms with Gasteiger partial charge in [0.05, 0.1) is 24.8 Å². The Kier molecular flexibility index (Phi) is 4.08. The molecular formula is C12H16N2O5. The molecule has 2 rings (SSSR count). The zero-order valence-corrected chi connectivity index (χ0v) is 10.5. The Morgan fingerprint density at radius 1 is 1.53 bits per heavy atom. The topological polar surface area (TPSA) is 103 Å². The van der Waals surface area contributed by atoms with Crippen LogP contribution in [0.25, 0.3) is 0 Å². The van der Waals surface area contributed by atoms with Gasteiger partial charge in [0.25, 0.3) is 5.91 Å². The van der Waals surface area contributed by atoms with Gasteiger partial charge >= 0.3 is 0 Å². The Balaban J connectivity index is 2.15. The molecule has 104 valence electrons. The van der Waals surface area contributed by atoms with Gasteiger partial charge in [-0.1, -0.05) is 0 Å². The number of carbonyl (C=O) groups is 1. The number of rotatable bonds is 5. The van der Waals surface area contributed by atoms with Crippen molar-refractivity contribution in [3.8, 4) is 11.5 Å². The van der Waals surface area contributed by atoms with Gasteiger partial charge in [-0.05, 0) is 6.07 Å². The van der Waals surface area contributed by atoms with Crippen LogP contribution in [-0.4, -0.2) is 44.2 Å². The normalized spacial score (nSPS) is 14.2. The monoisotopic (exact) mass is 268 g/mol. The number of nitrogen functional groups attached to an aromatic ring is 1. The summed E-state index contributed by atoms with van der Waals surface area (Å²) in [5, 5.41) is 11.7. The number of carbonyl (C=O) groups excluding carboxylic acids is 1. The molecule has 1 aliphatic heterocycles. The molecule has 0 fully saturated rings. The molecule has 1 aromatic rings. The molecule has 0 saturated heterocycles. The minimum atomic E-state index is -0.484. The molecule has 1 unspecified atom stereocenters. The van der Waals surface area contributed by atoms with E-state index in [1.54, 1.807) is 6.07 Å². The molecule has 1 aliphatic rings. The van der Waals surface area contributed by atoms with E-state index >= 15 is 0 Å². The van der Waals surface area contributed by atoms with Crippen molar-refractivity contribution in [1.29, 1.82) is 0 Å². The van der Waals surface area contributed by atoms with E-state index in [1.807, 2.05) is 0 Å². The molecule has 0 aromatic heterocycles. The van der Waals surface area contributed by atoms with Gasteiger partial charge in [0.1, 0.15) is 0 Å². The molecule has 0 saturated carbocycles. The average molecular weight is 268 g/mol. The third kappa shape index (κ3) is 2.88. The van der Waals surface area contributed by atoms with Crippen LogP contribution >= 0.6 is 0 Å². The molecule has 7 heteroatoms. The molecule has 19 heavy (non-hydrogen) atoms. The number of nitrogens with two attached hydrogens (primary N) is 1. The highest BCUT2D eigenvalue weighted by Crippen LogP contribution is 2.35. The first kappa shape index (κ1) is 13.4. The first-order chi connectivity index (χ1) is 9.15. The van der Waals surface area contributed by atoms with Crippen molar-refractivity contribution in [2.24, 2.45) is 0 Å². The predicted molar refractivity (Wildman–Crippen MR) is 67.2 cm³/mol. The summed E-state index contributed by atoms with van der Waals surface area (Å²) in [7, 11) is 1.49. The number of nitrogens with one attached hydrogen (secondary N) is 1. The first-order valence-electron chi connectivity index (χ1n) is 5.75. The third-order valence-corrected chi connectivity index (χ3v) is 2.71. The SMILES string of the molecule is COCC(CO)NC(=O)c1cc2c(cc1N)OCO2. The Hall–Kier alpha value is -1.99. The largest absolute Gasteiger partial charge is 0.454 e. The van der Waals surface area contributed by atoms with Crippen LogP contribution in [0.3, 0.4) is 0 Å². The van der Waals surface area contributed by atoms with Gasteiger partial charge in [0.15, 0.2) is 11.5 Å². The molecule has 0 spiro atoms. The number of fused-ring (bicyclic) bond motifs is 1. The molecular weight excluding hydrogens is 252 g/mol. The van der Waals surface area contributed by atoms with Crippen LogP contribution < -0.4 is 20.5 Å². The van der Waals surface area contributed by atoms with Crippen molar-refractivity contribution in [2.75, 3.05) is 32.9 Å². The zero-order valence-electron chi connectivity index (χ0n) is 10.5. The van der Waals surface area contributed by atoms with Crippen molar-refractivity contribution in [1.82, 2.24) is 5.32 Å². The molecule has 7 nitrogen and oxygen atoms in total. The summed E-state index contributed by atoms with van der Waals surface area (Å²) < 4.78 is 15.2. The van der Waals surface area contributed by atoms with Crippen molar-refractivity contribution < 1.29 is 24.1 Å². The summed E-state index contributed by atoms with van der Waals surface area (Å²) in [6, 6.07) is 2.58. The van der Waals surface area contributed by atoms with Crippen molar-refractivity contribution in [3.05, 3.63) is 17.7 Å². The van der Waals surface area contributed by atoms with E-state index < -0.39 is 11.9 Å². The first-order valence-corrected chi connectivity index (χ1v) is 5.75. The fraction of sp³-hybridized carbons (Fsp3) is 0.417. The van der Waals surface area contributed by atoms with E-state index in [2.05, 4.69) is 5.32 Å². The molecule has 1 aromatic carbocycles. The predicted octanol–water partition coefficient (Wildman–Crippen LogP) is -0.265. The second-order valence-corrected chi connectivity index (χ2v) is 4.10. The van der Waals surface area contributed by atoms with Crippen LogP contribution in [0, 0.1) is 0 Å². The minimum Gasteiger partial charge on any atom is -0.454 e. The molecule has 4 N–H and O–H groups in total. The van der Waals surface area contributed by atoms with Crippen molar-refractivity contribution in [2.45, 2.75) is 6.04 Å². The minimum absolute atomic E-state index is 0.114. The van der Waals surface area contributed by atoms with Crippen LogP contribution in [-0.2, 0) is 4.74 Å². The Bertz CT molecular complexity index is 477. The summed E-state index contributed by atoms with van der Waals surface area (Å²) >= 11 is 0. The fourth-order valence-corrected chi connectivity index (χ4v) is 1.76. The number of amides is 1. The number of aliphatic hydroxyl groups is 1. The molecule has 0 aliphatic carbocycles. The number of methoxy groups -OCH3 is 1. The number of ether oxygens (including phenoxy) is 3. The number of hydrogen-bond acceptors (Lipinski definition) is 6. The standard InChI is InChI=1S/C12H16N2O5/c1-17-5-7(4-15)14-12(16)8-2-10-11(3-9(8)13)19-6-18-10/h2-3,7,15H,4-6,13H2,1H3,(H,14,16). The Labute approximate surface area is 110 Å². The van der Waals surface area contributed by atoms with Gasteiger partial charge in [0, 0.05) is 18.9 Å². The number of benzene rings is 1. The molecule has 0 radical (unpaired) electrons. The van der Waals surface area contributed by atoms with Crippen LogP contribution in [0.1, 0.15) is 10.4 Å². The molecule has 0 bridgehead atoms. The van der Waals surface area contributed by atoms with Gasteiger partial charge in [-0.3, -0.25) is 4.79 Å². The fourth-order valence-electron chi connectivity index (χ4n) is 1.76. The van der Waals surface area contributed by atoms with Gasteiger partial charge < -0.3 is 30.4 Å². The second-order valence-electron chi connectivity index (χ2n) is 4.10. The molecule has 1 amide bonds. The zero-order chi connectivity index (χ0) is 13.8. The Morgan fingerprint density at radius 2 is 2.21 bits per heavy atom. The van der Waals surface area contributed by atoms with E-state index in [-0.39, 0.29) is 31.3 Å². The molecule has 1 heterocycles. The summed E-state index contributed by atoms with van der Waals surface area (Å²) in [5.74, 6) is 0.600. The lowest BCUT2D eigenvalue weighted by atomic mass is 10.1. The van der Waals surface area contributed by atoms with E-state index in [4.69, 9.17) is 25.1 Å². The van der Waals surface area contributed by atoms with E-state index in [0.29, 0.717) is 11.5 Å². The third-order valence-electron chi connectivity index (χ3n) is 2.71. The van der Waals surface area contributed by atoms with Crippen LogP contribution in [0.2, 0.25) is 0 Å². The van der Waals surface area contributed by atoms with Crippen LogP contribution in [0.5, 0.6) is 11.5 Å². The lowest BCUT2D eigenvalue weighted by molar-refractivity contribution is 0.0840. The van der Waals surface area contributed by atoms with E-state index in [1.165, 1.54) is 13.2 Å². The highest BCUT2D eigenvalue weighted by Gasteiger charge is 2.21. The smallest absolute Gasteiger partial charge is 0.253 e. The van der Waals surface area contributed by atoms with Gasteiger partial charge in [-0.15, -0.1) is 0 Å². The van der Waals surface area contributed by atoms with Gasteiger partial charge in [0.2, 0.25) is 6.79 Å². The summed E-state index contributed by atoms with van der Waals surface area (Å²) in [4.78, 5) is 12.1. The summed E-state index contributed by atoms with van der Waals surface area (Å²) in [5.41, 5.74) is 6.36. The number of hydrogen-bond donors (Lipinski definition) is 3. The maximum Gasteiger partial charge on any atom is 0.253 e. The summed E-state index contributed by atoms with van der Waals surface area (Å²) in [6.07, 6.45) is 0. The number of anilines is 1. The van der Waals surface area contributed by atoms with Gasteiger partial charge in [-0.2, -0.15) is 0 Å². The van der Waals surface area contributed by atoms with Gasteiger partial charge in [-0.25, -0.2) is 0 Å². The van der Waals surface area contributed by atoms with Crippen LogP contribution in [0.15, 0.2) is 12.1 Å². The maximum absolute atomic E-state index is 12.1. The molecule has 1 atom stereocenters. The highest BCUT2D eigenvalue weighted by atomic mass is 16.7. The Morgan fingerprint density at radius 3 is 2.84 bits per heavy atom. The summed E-state index contributed by atoms with van der Waals surface area (Å²) in [6.45, 7) is 0.111. The average Bonchev–Trinajstić information content (AvgIpc) is 2.84. The van der Waals surface area contributed by atoms with E-state index in [9.17, 15) is 4.79 Å². The van der Waals surface area contributed by atoms with Crippen LogP contribution in [0.4, 0.5) is 5.69 Å². The highest BCUT2D eigenvalue weighted by molar-refractivity contribution is 6.00. The lowest BCUT2D eigenvalue weighted by Crippen LogP contribution is -2.40. The van der Waals surface area contributed by atoms with Crippen molar-refractivity contribution in [3.63, 3.8) is 0 Å². The maximum atomic E-state index is 12.1. The van der Waals surface area contributed by atoms with Crippen molar-refractivity contribution >= 4 is 11.6 Å².